The third-order valence-corrected chi connectivity index (χ3v) is 4.98. The Morgan fingerprint density at radius 1 is 1.38 bits per heavy atom. The number of hydrogen-bond acceptors (Lipinski definition) is 7. The first kappa shape index (κ1) is 20.1. The fourth-order valence-corrected chi connectivity index (χ4v) is 3.74. The van der Waals surface area contributed by atoms with Crippen molar-refractivity contribution in [3.63, 3.8) is 0 Å². The highest BCUT2D eigenvalue weighted by molar-refractivity contribution is 7.17. The Balaban J connectivity index is 2.00. The number of fused-ring (bicyclic) bond motifs is 1. The molecule has 0 radical (unpaired) electrons. The van der Waals surface area contributed by atoms with Gasteiger partial charge in [0.2, 0.25) is 5.91 Å². The molecule has 150 valence electrons. The molecular formula is C18H16N4O6S. The van der Waals surface area contributed by atoms with Crippen molar-refractivity contribution in [2.24, 2.45) is 0 Å². The number of nitrogens with one attached hydrogen (secondary N) is 1. The first-order valence-electron chi connectivity index (χ1n) is 8.48. The maximum atomic E-state index is 13.0. The van der Waals surface area contributed by atoms with Gasteiger partial charge in [0.05, 0.1) is 15.9 Å². The quantitative estimate of drug-likeness (QED) is 0.464. The number of rotatable bonds is 6. The van der Waals surface area contributed by atoms with Crippen LogP contribution in [0.15, 0.2) is 34.4 Å². The highest BCUT2D eigenvalue weighted by Gasteiger charge is 2.22. The van der Waals surface area contributed by atoms with Crippen LogP contribution in [0.5, 0.6) is 0 Å². The van der Waals surface area contributed by atoms with Crippen molar-refractivity contribution < 1.29 is 19.6 Å². The van der Waals surface area contributed by atoms with Gasteiger partial charge in [-0.1, -0.05) is 19.9 Å². The van der Waals surface area contributed by atoms with Gasteiger partial charge in [0.1, 0.15) is 17.2 Å². The smallest absolute Gasteiger partial charge is 0.337 e. The van der Waals surface area contributed by atoms with E-state index < -0.39 is 28.9 Å². The molecule has 0 bridgehead atoms. The van der Waals surface area contributed by atoms with Crippen LogP contribution in [0.1, 0.15) is 35.9 Å². The van der Waals surface area contributed by atoms with E-state index >= 15 is 0 Å². The number of hydrogen-bond donors (Lipinski definition) is 2. The highest BCUT2D eigenvalue weighted by Crippen LogP contribution is 2.24. The zero-order valence-corrected chi connectivity index (χ0v) is 16.2. The number of nitro benzene ring substituents is 1. The molecule has 0 aliphatic heterocycles. The number of carboxylic acids is 1. The Morgan fingerprint density at radius 2 is 2.10 bits per heavy atom. The van der Waals surface area contributed by atoms with Gasteiger partial charge in [-0.15, -0.1) is 11.3 Å². The second-order valence-corrected chi connectivity index (χ2v) is 7.36. The Labute approximate surface area is 167 Å². The van der Waals surface area contributed by atoms with Crippen LogP contribution in [0.4, 0.5) is 11.4 Å². The summed E-state index contributed by atoms with van der Waals surface area (Å²) in [6.45, 7) is 3.19. The number of carbonyl (C=O) groups excluding carboxylic acids is 1. The first-order valence-corrected chi connectivity index (χ1v) is 9.36. The van der Waals surface area contributed by atoms with E-state index in [-0.39, 0.29) is 28.2 Å². The second-order valence-electron chi connectivity index (χ2n) is 6.51. The highest BCUT2D eigenvalue weighted by atomic mass is 32.1. The summed E-state index contributed by atoms with van der Waals surface area (Å²) in [6.07, 6.45) is 0. The number of nitrogens with zero attached hydrogens (tertiary/aromatic N) is 3. The van der Waals surface area contributed by atoms with Crippen LogP contribution >= 0.6 is 11.3 Å². The summed E-state index contributed by atoms with van der Waals surface area (Å²) in [6, 6.07) is 5.41. The molecule has 3 rings (SSSR count). The molecule has 1 aromatic carbocycles. The number of carboxylic acid groups (broad SMARTS) is 1. The number of benzene rings is 1. The number of carbonyl (C=O) groups is 2. The monoisotopic (exact) mass is 416 g/mol. The molecule has 1 amide bonds. The molecule has 3 aromatic rings. The molecule has 2 N–H and O–H groups in total. The van der Waals surface area contributed by atoms with Gasteiger partial charge in [-0.25, -0.2) is 9.78 Å². The average molecular weight is 416 g/mol. The summed E-state index contributed by atoms with van der Waals surface area (Å²) in [5.41, 5.74) is -0.758. The van der Waals surface area contributed by atoms with E-state index in [4.69, 9.17) is 0 Å². The van der Waals surface area contributed by atoms with Crippen molar-refractivity contribution >= 4 is 44.8 Å². The second kappa shape index (κ2) is 7.80. The number of aromatic carboxylic acids is 1. The van der Waals surface area contributed by atoms with Crippen molar-refractivity contribution in [2.45, 2.75) is 26.3 Å². The third kappa shape index (κ3) is 3.99. The van der Waals surface area contributed by atoms with Crippen molar-refractivity contribution in [3.8, 4) is 0 Å². The predicted molar refractivity (Wildman–Crippen MR) is 107 cm³/mol. The maximum Gasteiger partial charge on any atom is 0.337 e. The van der Waals surface area contributed by atoms with Crippen LogP contribution in [0.25, 0.3) is 10.2 Å². The lowest BCUT2D eigenvalue weighted by Crippen LogP contribution is -2.32. The third-order valence-electron chi connectivity index (χ3n) is 4.11. The minimum Gasteiger partial charge on any atom is -0.478 e. The van der Waals surface area contributed by atoms with Crippen LogP contribution in [-0.4, -0.2) is 31.5 Å². The lowest BCUT2D eigenvalue weighted by atomic mass is 10.2. The molecule has 2 aromatic heterocycles. The van der Waals surface area contributed by atoms with Crippen LogP contribution in [-0.2, 0) is 11.3 Å². The lowest BCUT2D eigenvalue weighted by Gasteiger charge is -2.15. The van der Waals surface area contributed by atoms with Crippen LogP contribution in [0, 0.1) is 10.1 Å². The van der Waals surface area contributed by atoms with Crippen LogP contribution in [0.3, 0.4) is 0 Å². The van der Waals surface area contributed by atoms with Crippen LogP contribution < -0.4 is 10.9 Å². The molecule has 29 heavy (non-hydrogen) atoms. The summed E-state index contributed by atoms with van der Waals surface area (Å²) in [7, 11) is 0. The number of non-ortho nitro benzene ring substituents is 1. The van der Waals surface area contributed by atoms with Gasteiger partial charge in [0, 0.05) is 29.1 Å². The summed E-state index contributed by atoms with van der Waals surface area (Å²) in [5.74, 6) is -1.70. The summed E-state index contributed by atoms with van der Waals surface area (Å²) in [5, 5.41) is 24.0. The van der Waals surface area contributed by atoms with E-state index in [9.17, 15) is 29.6 Å². The fourth-order valence-electron chi connectivity index (χ4n) is 2.83. The van der Waals surface area contributed by atoms with E-state index in [0.29, 0.717) is 10.7 Å². The standard InChI is InChI=1S/C18H16N4O6S/c1-9(2)15-20-16-14(12(8-29-16)18(25)26)17(24)21(15)7-13(23)19-10-4-3-5-11(6-10)22(27)28/h3-6,8-9H,7H2,1-2H3,(H,19,23)(H,25,26). The van der Waals surface area contributed by atoms with E-state index in [1.165, 1.54) is 29.6 Å². The Morgan fingerprint density at radius 3 is 2.72 bits per heavy atom. The molecule has 0 saturated heterocycles. The molecule has 10 nitrogen and oxygen atoms in total. The SMILES string of the molecule is CC(C)c1nc2scc(C(=O)O)c2c(=O)n1CC(=O)Nc1cccc([N+](=O)[O-])c1. The summed E-state index contributed by atoms with van der Waals surface area (Å²) < 4.78 is 1.14. The van der Waals surface area contributed by atoms with E-state index in [2.05, 4.69) is 10.3 Å². The zero-order valence-electron chi connectivity index (χ0n) is 15.4. The number of amides is 1. The first-order chi connectivity index (χ1) is 13.7. The number of nitro groups is 1. The number of aromatic nitrogens is 2. The molecule has 2 heterocycles. The largest absolute Gasteiger partial charge is 0.478 e. The van der Waals surface area contributed by atoms with E-state index in [1.807, 2.05) is 0 Å². The van der Waals surface area contributed by atoms with E-state index in [1.54, 1.807) is 13.8 Å². The molecule has 0 aliphatic rings. The van der Waals surface area contributed by atoms with Crippen molar-refractivity contribution in [3.05, 3.63) is 61.5 Å². The van der Waals surface area contributed by atoms with Gasteiger partial charge in [-0.3, -0.25) is 24.3 Å². The number of anilines is 1. The average Bonchev–Trinajstić information content (AvgIpc) is 3.08. The summed E-state index contributed by atoms with van der Waals surface area (Å²) >= 11 is 1.05. The van der Waals surface area contributed by atoms with Gasteiger partial charge in [-0.2, -0.15) is 0 Å². The molecule has 0 unspecified atom stereocenters. The minimum absolute atomic E-state index is 0.0463. The lowest BCUT2D eigenvalue weighted by molar-refractivity contribution is -0.384. The molecule has 0 spiro atoms. The minimum atomic E-state index is -1.25. The van der Waals surface area contributed by atoms with Crippen LogP contribution in [0.2, 0.25) is 0 Å². The van der Waals surface area contributed by atoms with Crippen molar-refractivity contribution in [1.29, 1.82) is 0 Å². The van der Waals surface area contributed by atoms with E-state index in [0.717, 1.165) is 15.9 Å². The Hall–Kier alpha value is -3.60. The van der Waals surface area contributed by atoms with Crippen molar-refractivity contribution in [2.75, 3.05) is 5.32 Å². The fraction of sp³-hybridized carbons (Fsp3) is 0.222. The van der Waals surface area contributed by atoms with Gasteiger partial charge in [0.25, 0.3) is 11.2 Å². The van der Waals surface area contributed by atoms with Crippen molar-refractivity contribution in [1.82, 2.24) is 9.55 Å². The molecule has 11 heteroatoms. The van der Waals surface area contributed by atoms with Gasteiger partial charge in [0.15, 0.2) is 0 Å². The predicted octanol–water partition coefficient (Wildman–Crippen LogP) is 2.83. The van der Waals surface area contributed by atoms with Gasteiger partial charge < -0.3 is 10.4 Å². The Kier molecular flexibility index (Phi) is 5.41. The molecular weight excluding hydrogens is 400 g/mol. The Bertz CT molecular complexity index is 1200. The molecule has 0 atom stereocenters. The molecule has 0 saturated carbocycles. The van der Waals surface area contributed by atoms with Gasteiger partial charge >= 0.3 is 5.97 Å². The normalized spacial score (nSPS) is 11.0. The molecule has 0 fully saturated rings. The molecule has 0 aliphatic carbocycles. The summed E-state index contributed by atoms with van der Waals surface area (Å²) in [4.78, 5) is 51.8. The topological polar surface area (TPSA) is 144 Å². The zero-order chi connectivity index (χ0) is 21.3. The van der Waals surface area contributed by atoms with Gasteiger partial charge in [-0.05, 0) is 6.07 Å². The number of thiophene rings is 1. The maximum absolute atomic E-state index is 13.0.